The highest BCUT2D eigenvalue weighted by Crippen LogP contribution is 2.46. The zero-order chi connectivity index (χ0) is 39.7. The maximum Gasteiger partial charge on any atom is 0.259 e. The van der Waals surface area contributed by atoms with Crippen LogP contribution in [-0.4, -0.2) is 78.7 Å². The van der Waals surface area contributed by atoms with Crippen LogP contribution in [-0.2, 0) is 24.4 Å². The molecule has 8 rings (SSSR count). The topological polar surface area (TPSA) is 156 Å². The minimum absolute atomic E-state index is 0.0392. The molecule has 0 radical (unpaired) electrons. The number of aromatic nitrogens is 1. The van der Waals surface area contributed by atoms with Crippen molar-refractivity contribution in [2.75, 3.05) is 19.0 Å². The summed E-state index contributed by atoms with van der Waals surface area (Å²) in [6.45, 7) is 0.0392. The van der Waals surface area contributed by atoms with Crippen molar-refractivity contribution < 1.29 is 36.7 Å². The first-order valence-electron chi connectivity index (χ1n) is 19.6. The van der Waals surface area contributed by atoms with Crippen molar-refractivity contribution in [3.8, 4) is 22.8 Å². The Kier molecular flexibility index (Phi) is 10.6. The van der Waals surface area contributed by atoms with Crippen molar-refractivity contribution in [3.05, 3.63) is 96.8 Å². The van der Waals surface area contributed by atoms with Gasteiger partial charge in [-0.05, 0) is 68.9 Å². The molecule has 3 N–H and O–H groups in total. The van der Waals surface area contributed by atoms with Gasteiger partial charge in [0.15, 0.2) is 0 Å². The van der Waals surface area contributed by atoms with Gasteiger partial charge >= 0.3 is 0 Å². The van der Waals surface area contributed by atoms with Crippen LogP contribution in [0.15, 0.2) is 91.0 Å². The van der Waals surface area contributed by atoms with Crippen molar-refractivity contribution in [2.45, 2.75) is 86.8 Å². The lowest BCUT2D eigenvalue weighted by molar-refractivity contribution is -0.140. The van der Waals surface area contributed by atoms with Crippen LogP contribution in [0.2, 0.25) is 0 Å². The molecule has 3 fully saturated rings. The summed E-state index contributed by atoms with van der Waals surface area (Å²) in [6, 6.07) is 21.0. The van der Waals surface area contributed by atoms with Gasteiger partial charge in [0.1, 0.15) is 41.0 Å². The number of anilines is 1. The number of ether oxygens (including phenoxy) is 2. The highest BCUT2D eigenvalue weighted by Gasteiger charge is 2.62. The molecule has 2 aliphatic carbocycles. The van der Waals surface area contributed by atoms with E-state index >= 15 is 0 Å². The summed E-state index contributed by atoms with van der Waals surface area (Å²) >= 11 is 0. The monoisotopic (exact) mass is 795 g/mol. The molecule has 5 atom stereocenters. The van der Waals surface area contributed by atoms with Gasteiger partial charge in [0, 0.05) is 41.1 Å². The molecular formula is C43H46FN5O7S. The van der Waals surface area contributed by atoms with Gasteiger partial charge in [-0.25, -0.2) is 17.8 Å². The molecular weight excluding hydrogens is 750 g/mol. The molecule has 4 aliphatic rings. The zero-order valence-corrected chi connectivity index (χ0v) is 32.5. The Morgan fingerprint density at radius 3 is 2.58 bits per heavy atom. The second kappa shape index (κ2) is 15.8. The van der Waals surface area contributed by atoms with Gasteiger partial charge in [0.25, 0.3) is 5.91 Å². The van der Waals surface area contributed by atoms with Crippen LogP contribution in [0.5, 0.6) is 11.5 Å². The largest absolute Gasteiger partial charge is 0.497 e. The van der Waals surface area contributed by atoms with E-state index in [1.54, 1.807) is 19.2 Å². The van der Waals surface area contributed by atoms with Gasteiger partial charge in [-0.15, -0.1) is 0 Å². The molecule has 3 amide bonds. The number of fused-ring (bicyclic) bond motifs is 3. The Bertz CT molecular complexity index is 2320. The molecule has 3 aromatic carbocycles. The minimum Gasteiger partial charge on any atom is -0.497 e. The fraction of sp³-hybridized carbons (Fsp3) is 0.395. The van der Waals surface area contributed by atoms with E-state index < -0.39 is 62.5 Å². The molecule has 0 spiro atoms. The third-order valence-corrected chi connectivity index (χ3v) is 13.2. The first kappa shape index (κ1) is 38.4. The van der Waals surface area contributed by atoms with E-state index in [9.17, 15) is 27.2 Å². The number of sulfonamides is 1. The van der Waals surface area contributed by atoms with Crippen molar-refractivity contribution in [1.82, 2.24) is 19.9 Å². The normalized spacial score (nSPS) is 25.9. The summed E-state index contributed by atoms with van der Waals surface area (Å²) in [5, 5.41) is 6.25. The summed E-state index contributed by atoms with van der Waals surface area (Å²) in [4.78, 5) is 49.5. The lowest BCUT2D eigenvalue weighted by Crippen LogP contribution is -2.57. The highest BCUT2D eigenvalue weighted by molar-refractivity contribution is 7.91. The fourth-order valence-electron chi connectivity index (χ4n) is 7.96. The summed E-state index contributed by atoms with van der Waals surface area (Å²) in [5.41, 5.74) is 1.10. The smallest absolute Gasteiger partial charge is 0.259 e. The molecule has 2 aliphatic heterocycles. The lowest BCUT2D eigenvalue weighted by atomic mass is 10.0. The summed E-state index contributed by atoms with van der Waals surface area (Å²) < 4.78 is 54.6. The van der Waals surface area contributed by atoms with Crippen molar-refractivity contribution >= 4 is 44.3 Å². The number of allylic oxidation sites excluding steroid dienone is 1. The van der Waals surface area contributed by atoms with Crippen molar-refractivity contribution in [1.29, 1.82) is 0 Å². The number of carbonyl (C=O) groups excluding carboxylic acids is 3. The number of pyridine rings is 1. The van der Waals surface area contributed by atoms with E-state index in [0.717, 1.165) is 18.4 Å². The molecule has 57 heavy (non-hydrogen) atoms. The number of nitrogens with zero attached hydrogens (tertiary/aromatic N) is 2. The van der Waals surface area contributed by atoms with E-state index in [0.29, 0.717) is 65.9 Å². The molecule has 2 saturated carbocycles. The van der Waals surface area contributed by atoms with Gasteiger partial charge in [-0.3, -0.25) is 19.1 Å². The van der Waals surface area contributed by atoms with Gasteiger partial charge < -0.3 is 25.0 Å². The van der Waals surface area contributed by atoms with Crippen LogP contribution in [0.1, 0.15) is 57.8 Å². The molecule has 4 aromatic rings. The van der Waals surface area contributed by atoms with E-state index in [1.165, 1.54) is 17.0 Å². The number of benzene rings is 3. The van der Waals surface area contributed by atoms with Gasteiger partial charge in [0.05, 0.1) is 30.1 Å². The SMILES string of the molecule is COc1ccc2c(O[C@@H]3C[C@H]4C(=O)N[C@]5(C(=O)NS(=O)(=O)C6CC6)C[C@H]5/C=C\CCCCC[C@H](Nc5cccc(F)c5)C(=O)N4C3)cc(-c3ccccc3)nc2c1. The average molecular weight is 796 g/mol. The third-order valence-electron chi connectivity index (χ3n) is 11.4. The molecule has 0 unspecified atom stereocenters. The number of hydrogen-bond donors (Lipinski definition) is 3. The minimum atomic E-state index is -3.89. The quantitative estimate of drug-likeness (QED) is 0.176. The number of hydrogen-bond acceptors (Lipinski definition) is 9. The first-order chi connectivity index (χ1) is 27.5. The molecule has 1 aromatic heterocycles. The van der Waals surface area contributed by atoms with E-state index in [2.05, 4.69) is 15.4 Å². The number of methoxy groups -OCH3 is 1. The maximum absolute atomic E-state index is 14.7. The standard InChI is InChI=1S/C43H46FN5O7S/c1-55-31-17-20-34-37(22-31)46-36(27-11-6-5-7-12-27)24-39(34)56-32-23-38-40(50)47-43(42(52)48-57(53,54)33-18-19-33)25-28(43)13-8-3-2-4-9-16-35(41(51)49(38)26-32)45-30-15-10-14-29(44)21-30/h5-8,10-15,17,20-22,24,28,32-33,35,38,45H,2-4,9,16,18-19,23,25-26H2,1H3,(H,47,50)(H,48,52)/b13-8-/t28-,32-,35+,38+,43-/m1/s1. The van der Waals surface area contributed by atoms with Gasteiger partial charge in [-0.1, -0.05) is 61.4 Å². The molecule has 3 heterocycles. The number of nitrogens with one attached hydrogen (secondary N) is 3. The first-order valence-corrected chi connectivity index (χ1v) is 21.2. The third kappa shape index (κ3) is 8.32. The van der Waals surface area contributed by atoms with E-state index in [4.69, 9.17) is 14.5 Å². The van der Waals surface area contributed by atoms with Crippen LogP contribution < -0.4 is 24.8 Å². The van der Waals surface area contributed by atoms with Crippen LogP contribution in [0.3, 0.4) is 0 Å². The predicted molar refractivity (Wildman–Crippen MR) is 213 cm³/mol. The predicted octanol–water partition coefficient (Wildman–Crippen LogP) is 5.88. The lowest BCUT2D eigenvalue weighted by Gasteiger charge is -2.30. The Morgan fingerprint density at radius 2 is 1.81 bits per heavy atom. The summed E-state index contributed by atoms with van der Waals surface area (Å²) in [7, 11) is -2.31. The van der Waals surface area contributed by atoms with E-state index in [1.807, 2.05) is 66.7 Å². The Hall–Kier alpha value is -5.50. The number of halogens is 1. The van der Waals surface area contributed by atoms with Crippen molar-refractivity contribution in [3.63, 3.8) is 0 Å². The Balaban J connectivity index is 1.14. The number of rotatable bonds is 9. The van der Waals surface area contributed by atoms with Crippen LogP contribution >= 0.6 is 0 Å². The van der Waals surface area contributed by atoms with Gasteiger partial charge in [-0.2, -0.15) is 0 Å². The summed E-state index contributed by atoms with van der Waals surface area (Å²) in [6.07, 6.45) is 7.93. The second-order valence-corrected chi connectivity index (χ2v) is 17.4. The van der Waals surface area contributed by atoms with Crippen molar-refractivity contribution in [2.24, 2.45) is 5.92 Å². The van der Waals surface area contributed by atoms with Crippen LogP contribution in [0.25, 0.3) is 22.2 Å². The Morgan fingerprint density at radius 1 is 0.982 bits per heavy atom. The highest BCUT2D eigenvalue weighted by atomic mass is 32.2. The molecule has 0 bridgehead atoms. The van der Waals surface area contributed by atoms with Crippen LogP contribution in [0, 0.1) is 11.7 Å². The number of amides is 3. The average Bonchev–Trinajstić information content (AvgIpc) is 4.13. The number of carbonyl (C=O) groups is 3. The fourth-order valence-corrected chi connectivity index (χ4v) is 9.33. The molecule has 12 nitrogen and oxygen atoms in total. The maximum atomic E-state index is 14.7. The summed E-state index contributed by atoms with van der Waals surface area (Å²) in [5.74, 6) is -1.47. The van der Waals surface area contributed by atoms with Crippen LogP contribution in [0.4, 0.5) is 10.1 Å². The van der Waals surface area contributed by atoms with E-state index in [-0.39, 0.29) is 25.3 Å². The second-order valence-electron chi connectivity index (χ2n) is 15.5. The zero-order valence-electron chi connectivity index (χ0n) is 31.7. The Labute approximate surface area is 331 Å². The van der Waals surface area contributed by atoms with Gasteiger partial charge in [0.2, 0.25) is 21.8 Å². The molecule has 1 saturated heterocycles. The molecule has 298 valence electrons. The molecule has 14 heteroatoms.